The van der Waals surface area contributed by atoms with Gasteiger partial charge in [-0.15, -0.1) is 0 Å². The Morgan fingerprint density at radius 3 is 2.78 bits per heavy atom. The van der Waals surface area contributed by atoms with Gasteiger partial charge in [0.2, 0.25) is 0 Å². The number of hydrogen-bond donors (Lipinski definition) is 1. The smallest absolute Gasteiger partial charge is 0.341 e. The zero-order chi connectivity index (χ0) is 13.0. The van der Waals surface area contributed by atoms with E-state index in [1.54, 1.807) is 6.92 Å². The number of H-pyrrole nitrogens is 1. The fraction of sp³-hybridized carbons (Fsp3) is 0.231. The van der Waals surface area contributed by atoms with Crippen LogP contribution in [0.2, 0.25) is 5.02 Å². The Balaban J connectivity index is 2.17. The lowest BCUT2D eigenvalue weighted by Gasteiger charge is -2.03. The summed E-state index contributed by atoms with van der Waals surface area (Å²) in [6, 6.07) is 7.46. The normalized spacial score (nSPS) is 10.3. The first-order valence-corrected chi connectivity index (χ1v) is 6.02. The Morgan fingerprint density at radius 1 is 1.39 bits per heavy atom. The highest BCUT2D eigenvalue weighted by atomic mass is 35.5. The molecule has 0 fully saturated rings. The zero-order valence-electron chi connectivity index (χ0n) is 9.94. The van der Waals surface area contributed by atoms with Crippen molar-refractivity contribution in [2.24, 2.45) is 0 Å². The molecule has 0 amide bonds. The first kappa shape index (κ1) is 12.6. The van der Waals surface area contributed by atoms with Crippen LogP contribution in [0.1, 0.15) is 28.5 Å². The summed E-state index contributed by atoms with van der Waals surface area (Å²) in [4.78, 5) is 11.7. The third kappa shape index (κ3) is 2.90. The van der Waals surface area contributed by atoms with E-state index in [1.807, 2.05) is 24.3 Å². The van der Waals surface area contributed by atoms with Gasteiger partial charge >= 0.3 is 5.97 Å². The molecule has 2 aromatic rings. The summed E-state index contributed by atoms with van der Waals surface area (Å²) in [6.07, 6.45) is 2.08. The average Bonchev–Trinajstić information content (AvgIpc) is 2.81. The SMILES string of the molecule is CCOC(=O)c1cn[nH]c1Cc1ccc(Cl)cc1. The van der Waals surface area contributed by atoms with Crippen LogP contribution < -0.4 is 0 Å². The molecule has 1 heterocycles. The molecule has 0 saturated carbocycles. The van der Waals surface area contributed by atoms with Crippen molar-refractivity contribution in [3.8, 4) is 0 Å². The van der Waals surface area contributed by atoms with Crippen molar-refractivity contribution in [2.45, 2.75) is 13.3 Å². The number of ether oxygens (including phenoxy) is 1. The number of hydrogen-bond acceptors (Lipinski definition) is 3. The van der Waals surface area contributed by atoms with Crippen LogP contribution in [0.25, 0.3) is 0 Å². The minimum Gasteiger partial charge on any atom is -0.462 e. The summed E-state index contributed by atoms with van der Waals surface area (Å²) in [6.45, 7) is 2.13. The van der Waals surface area contributed by atoms with Gasteiger partial charge in [0.15, 0.2) is 0 Å². The van der Waals surface area contributed by atoms with Crippen molar-refractivity contribution in [1.82, 2.24) is 10.2 Å². The summed E-state index contributed by atoms with van der Waals surface area (Å²) in [5.74, 6) is -0.352. The lowest BCUT2D eigenvalue weighted by molar-refractivity contribution is 0.0525. The third-order valence-electron chi connectivity index (χ3n) is 2.51. The second-order valence-corrected chi connectivity index (χ2v) is 4.22. The van der Waals surface area contributed by atoms with E-state index >= 15 is 0 Å². The molecular formula is C13H13ClN2O2. The fourth-order valence-corrected chi connectivity index (χ4v) is 1.76. The minimum absolute atomic E-state index is 0.352. The van der Waals surface area contributed by atoms with Crippen molar-refractivity contribution in [3.63, 3.8) is 0 Å². The molecular weight excluding hydrogens is 252 g/mol. The van der Waals surface area contributed by atoms with Gasteiger partial charge < -0.3 is 4.74 Å². The van der Waals surface area contributed by atoms with E-state index in [0.717, 1.165) is 11.3 Å². The molecule has 1 N–H and O–H groups in total. The maximum absolute atomic E-state index is 11.7. The van der Waals surface area contributed by atoms with E-state index in [4.69, 9.17) is 16.3 Å². The van der Waals surface area contributed by atoms with Crippen LogP contribution in [-0.4, -0.2) is 22.8 Å². The number of benzene rings is 1. The molecule has 0 bridgehead atoms. The van der Waals surface area contributed by atoms with Gasteiger partial charge in [-0.25, -0.2) is 4.79 Å². The molecule has 0 aliphatic carbocycles. The number of nitrogens with one attached hydrogen (secondary N) is 1. The molecule has 94 valence electrons. The molecule has 0 aliphatic rings. The van der Waals surface area contributed by atoms with E-state index in [0.29, 0.717) is 23.6 Å². The molecule has 0 atom stereocenters. The standard InChI is InChI=1S/C13H13ClN2O2/c1-2-18-13(17)11-8-15-16-12(11)7-9-3-5-10(14)6-4-9/h3-6,8H,2,7H2,1H3,(H,15,16). The first-order chi connectivity index (χ1) is 8.70. The zero-order valence-corrected chi connectivity index (χ0v) is 10.7. The highest BCUT2D eigenvalue weighted by Gasteiger charge is 2.14. The lowest BCUT2D eigenvalue weighted by atomic mass is 10.1. The Bertz CT molecular complexity index is 534. The van der Waals surface area contributed by atoms with Gasteiger partial charge in [-0.05, 0) is 24.6 Å². The van der Waals surface area contributed by atoms with Gasteiger partial charge in [0.25, 0.3) is 0 Å². The van der Waals surface area contributed by atoms with E-state index in [2.05, 4.69) is 10.2 Å². The predicted octanol–water partition coefficient (Wildman–Crippen LogP) is 2.83. The summed E-state index contributed by atoms with van der Waals surface area (Å²) in [5, 5.41) is 7.40. The molecule has 4 nitrogen and oxygen atoms in total. The molecule has 0 saturated heterocycles. The van der Waals surface area contributed by atoms with Gasteiger partial charge in [-0.1, -0.05) is 23.7 Å². The molecule has 5 heteroatoms. The number of rotatable bonds is 4. The summed E-state index contributed by atoms with van der Waals surface area (Å²) < 4.78 is 4.96. The highest BCUT2D eigenvalue weighted by molar-refractivity contribution is 6.30. The topological polar surface area (TPSA) is 55.0 Å². The van der Waals surface area contributed by atoms with Crippen LogP contribution >= 0.6 is 11.6 Å². The van der Waals surface area contributed by atoms with Gasteiger partial charge in [0.1, 0.15) is 5.56 Å². The highest BCUT2D eigenvalue weighted by Crippen LogP contribution is 2.15. The maximum atomic E-state index is 11.7. The molecule has 2 rings (SSSR count). The Labute approximate surface area is 110 Å². The molecule has 0 aliphatic heterocycles. The van der Waals surface area contributed by atoms with Crippen molar-refractivity contribution >= 4 is 17.6 Å². The van der Waals surface area contributed by atoms with E-state index in [9.17, 15) is 4.79 Å². The minimum atomic E-state index is -0.352. The number of aromatic amines is 1. The summed E-state index contributed by atoms with van der Waals surface area (Å²) >= 11 is 5.82. The third-order valence-corrected chi connectivity index (χ3v) is 2.76. The Kier molecular flexibility index (Phi) is 3.99. The second-order valence-electron chi connectivity index (χ2n) is 3.79. The number of halogens is 1. The van der Waals surface area contributed by atoms with Gasteiger partial charge in [-0.2, -0.15) is 5.10 Å². The fourth-order valence-electron chi connectivity index (χ4n) is 1.64. The number of carbonyl (C=O) groups excluding carboxylic acids is 1. The molecule has 0 radical (unpaired) electrons. The van der Waals surface area contributed by atoms with Crippen molar-refractivity contribution in [3.05, 3.63) is 52.3 Å². The monoisotopic (exact) mass is 264 g/mol. The van der Waals surface area contributed by atoms with E-state index < -0.39 is 0 Å². The van der Waals surface area contributed by atoms with Crippen LogP contribution in [0, 0.1) is 0 Å². The van der Waals surface area contributed by atoms with Crippen molar-refractivity contribution in [1.29, 1.82) is 0 Å². The molecule has 18 heavy (non-hydrogen) atoms. The Hall–Kier alpha value is -1.81. The van der Waals surface area contributed by atoms with Crippen LogP contribution in [0.15, 0.2) is 30.5 Å². The largest absolute Gasteiger partial charge is 0.462 e. The number of nitrogens with zero attached hydrogens (tertiary/aromatic N) is 1. The second kappa shape index (κ2) is 5.69. The molecule has 1 aromatic heterocycles. The lowest BCUT2D eigenvalue weighted by Crippen LogP contribution is -2.07. The summed E-state index contributed by atoms with van der Waals surface area (Å²) in [5.41, 5.74) is 2.27. The Morgan fingerprint density at radius 2 is 2.11 bits per heavy atom. The van der Waals surface area contributed by atoms with Crippen LogP contribution in [-0.2, 0) is 11.2 Å². The number of esters is 1. The quantitative estimate of drug-likeness (QED) is 0.864. The number of aromatic nitrogens is 2. The van der Waals surface area contributed by atoms with Gasteiger partial charge in [0, 0.05) is 11.4 Å². The predicted molar refractivity (Wildman–Crippen MR) is 68.8 cm³/mol. The van der Waals surface area contributed by atoms with Crippen LogP contribution in [0.4, 0.5) is 0 Å². The van der Waals surface area contributed by atoms with Gasteiger partial charge in [0.05, 0.1) is 18.5 Å². The van der Waals surface area contributed by atoms with Crippen LogP contribution in [0.3, 0.4) is 0 Å². The van der Waals surface area contributed by atoms with Crippen molar-refractivity contribution in [2.75, 3.05) is 6.61 Å². The van der Waals surface area contributed by atoms with Crippen LogP contribution in [0.5, 0.6) is 0 Å². The first-order valence-electron chi connectivity index (χ1n) is 5.64. The number of carbonyl (C=O) groups is 1. The van der Waals surface area contributed by atoms with Gasteiger partial charge in [-0.3, -0.25) is 5.10 Å². The average molecular weight is 265 g/mol. The van der Waals surface area contributed by atoms with E-state index in [-0.39, 0.29) is 5.97 Å². The summed E-state index contributed by atoms with van der Waals surface area (Å²) in [7, 11) is 0. The molecule has 0 spiro atoms. The maximum Gasteiger partial charge on any atom is 0.341 e. The molecule has 1 aromatic carbocycles. The molecule has 0 unspecified atom stereocenters. The van der Waals surface area contributed by atoms with Crippen molar-refractivity contribution < 1.29 is 9.53 Å². The van der Waals surface area contributed by atoms with E-state index in [1.165, 1.54) is 6.20 Å².